The lowest BCUT2D eigenvalue weighted by atomic mass is 10.1. The first-order chi connectivity index (χ1) is 4.93. The third-order valence-electron chi connectivity index (χ3n) is 1.41. The van der Waals surface area contributed by atoms with Crippen molar-refractivity contribution in [3.05, 3.63) is 12.2 Å². The molecular formula is C8H17NO. The fourth-order valence-corrected chi connectivity index (χ4v) is 0.889. The summed E-state index contributed by atoms with van der Waals surface area (Å²) in [6.45, 7) is 4.00. The fourth-order valence-electron chi connectivity index (χ4n) is 0.889. The van der Waals surface area contributed by atoms with E-state index in [0.29, 0.717) is 0 Å². The molecule has 0 radical (unpaired) electrons. The van der Waals surface area contributed by atoms with Gasteiger partial charge in [-0.05, 0) is 19.3 Å². The summed E-state index contributed by atoms with van der Waals surface area (Å²) in [6, 6.07) is 0. The van der Waals surface area contributed by atoms with Crippen molar-refractivity contribution in [2.45, 2.75) is 39.2 Å². The van der Waals surface area contributed by atoms with E-state index < -0.39 is 0 Å². The topological polar surface area (TPSA) is 35.2 Å². The Labute approximate surface area is 63.0 Å². The Balaban J connectivity index is 0.000000371. The van der Waals surface area contributed by atoms with Gasteiger partial charge in [0.05, 0.1) is 6.10 Å². The summed E-state index contributed by atoms with van der Waals surface area (Å²) < 4.78 is 0. The van der Waals surface area contributed by atoms with Gasteiger partial charge in [-0.15, -0.1) is 0 Å². The number of hydrogen-bond donors (Lipinski definition) is 1. The zero-order chi connectivity index (χ0) is 7.82. The van der Waals surface area contributed by atoms with Crippen LogP contribution >= 0.6 is 0 Å². The normalized spacial score (nSPS) is 23.3. The first-order valence-corrected chi connectivity index (χ1v) is 3.94. The highest BCUT2D eigenvalue weighted by Gasteiger charge is 2.06. The minimum absolute atomic E-state index is 0.278. The van der Waals surface area contributed by atoms with Crippen LogP contribution in [0.4, 0.5) is 0 Å². The predicted octanol–water partition coefficient (Wildman–Crippen LogP) is 2.01. The molecule has 0 amide bonds. The predicted molar refractivity (Wildman–Crippen MR) is 43.4 cm³/mol. The summed E-state index contributed by atoms with van der Waals surface area (Å²) in [6.07, 6.45) is 7.72. The Hall–Kier alpha value is -0.340. The lowest BCUT2D eigenvalue weighted by molar-refractivity contribution is 0.0476. The fraction of sp³-hybridized carbons (Fsp3) is 0.750. The molecule has 1 rings (SSSR count). The molecule has 0 saturated carbocycles. The molecular weight excluding hydrogens is 126 g/mol. The van der Waals surface area contributed by atoms with E-state index in [9.17, 15) is 0 Å². The molecule has 1 atom stereocenters. The summed E-state index contributed by atoms with van der Waals surface area (Å²) in [4.78, 5) is 4.64. The first-order valence-electron chi connectivity index (χ1n) is 3.94. The van der Waals surface area contributed by atoms with Gasteiger partial charge in [0.25, 0.3) is 0 Å². The standard InChI is InChI=1S/C6H11NO.C2H6/c7-8-6-4-2-1-3-5-6;1-2/h1-2,6H,3-5,7H2;1-2H3. The summed E-state index contributed by atoms with van der Waals surface area (Å²) in [5.74, 6) is 4.97. The lowest BCUT2D eigenvalue weighted by Crippen LogP contribution is -2.17. The van der Waals surface area contributed by atoms with E-state index in [2.05, 4.69) is 17.0 Å². The van der Waals surface area contributed by atoms with Crippen molar-refractivity contribution in [1.29, 1.82) is 0 Å². The summed E-state index contributed by atoms with van der Waals surface area (Å²) in [5, 5.41) is 0. The van der Waals surface area contributed by atoms with Crippen LogP contribution in [0.3, 0.4) is 0 Å². The van der Waals surface area contributed by atoms with Gasteiger partial charge >= 0.3 is 0 Å². The van der Waals surface area contributed by atoms with Gasteiger partial charge in [-0.1, -0.05) is 26.0 Å². The number of hydrogen-bond acceptors (Lipinski definition) is 2. The largest absolute Gasteiger partial charge is 0.301 e. The monoisotopic (exact) mass is 143 g/mol. The van der Waals surface area contributed by atoms with Crippen LogP contribution in [-0.4, -0.2) is 6.10 Å². The van der Waals surface area contributed by atoms with E-state index in [4.69, 9.17) is 5.90 Å². The SMILES string of the molecule is CC.NOC1CC=CCC1. The van der Waals surface area contributed by atoms with E-state index in [-0.39, 0.29) is 6.10 Å². The van der Waals surface area contributed by atoms with Crippen LogP contribution in [0, 0.1) is 0 Å². The van der Waals surface area contributed by atoms with Gasteiger partial charge < -0.3 is 4.84 Å². The highest BCUT2D eigenvalue weighted by atomic mass is 16.6. The van der Waals surface area contributed by atoms with Crippen LogP contribution in [0.5, 0.6) is 0 Å². The smallest absolute Gasteiger partial charge is 0.0824 e. The minimum atomic E-state index is 0.278. The van der Waals surface area contributed by atoms with Crippen molar-refractivity contribution in [3.63, 3.8) is 0 Å². The van der Waals surface area contributed by atoms with Crippen LogP contribution in [0.2, 0.25) is 0 Å². The van der Waals surface area contributed by atoms with E-state index in [1.807, 2.05) is 13.8 Å². The highest BCUT2D eigenvalue weighted by molar-refractivity contribution is 4.90. The molecule has 2 N–H and O–H groups in total. The molecule has 0 bridgehead atoms. The van der Waals surface area contributed by atoms with Crippen LogP contribution < -0.4 is 5.90 Å². The average molecular weight is 143 g/mol. The van der Waals surface area contributed by atoms with Crippen LogP contribution in [0.1, 0.15) is 33.1 Å². The summed E-state index contributed by atoms with van der Waals surface area (Å²) in [7, 11) is 0. The molecule has 0 aromatic carbocycles. The first kappa shape index (κ1) is 9.66. The average Bonchev–Trinajstić information content (AvgIpc) is 2.10. The zero-order valence-corrected chi connectivity index (χ0v) is 6.84. The molecule has 1 aliphatic rings. The third kappa shape index (κ3) is 3.64. The van der Waals surface area contributed by atoms with Gasteiger partial charge in [-0.2, -0.15) is 0 Å². The van der Waals surface area contributed by atoms with Crippen molar-refractivity contribution < 1.29 is 4.84 Å². The number of rotatable bonds is 1. The Morgan fingerprint density at radius 1 is 1.40 bits per heavy atom. The molecule has 10 heavy (non-hydrogen) atoms. The molecule has 60 valence electrons. The maximum absolute atomic E-state index is 4.97. The van der Waals surface area contributed by atoms with Crippen LogP contribution in [0.25, 0.3) is 0 Å². The Kier molecular flexibility index (Phi) is 6.55. The third-order valence-corrected chi connectivity index (χ3v) is 1.41. The Morgan fingerprint density at radius 3 is 2.40 bits per heavy atom. The molecule has 0 saturated heterocycles. The van der Waals surface area contributed by atoms with Gasteiger partial charge in [-0.3, -0.25) is 0 Å². The molecule has 0 spiro atoms. The zero-order valence-electron chi connectivity index (χ0n) is 6.84. The highest BCUT2D eigenvalue weighted by Crippen LogP contribution is 2.11. The van der Waals surface area contributed by atoms with Crippen LogP contribution in [0.15, 0.2) is 12.2 Å². The van der Waals surface area contributed by atoms with Crippen molar-refractivity contribution in [1.82, 2.24) is 0 Å². The van der Waals surface area contributed by atoms with Crippen molar-refractivity contribution in [2.75, 3.05) is 0 Å². The van der Waals surface area contributed by atoms with Crippen molar-refractivity contribution in [2.24, 2.45) is 5.90 Å². The second kappa shape index (κ2) is 6.78. The Bertz CT molecular complexity index is 91.3. The van der Waals surface area contributed by atoms with E-state index in [1.165, 1.54) is 0 Å². The quantitative estimate of drug-likeness (QED) is 0.450. The second-order valence-corrected chi connectivity index (χ2v) is 2.04. The van der Waals surface area contributed by atoms with Crippen molar-refractivity contribution in [3.8, 4) is 0 Å². The van der Waals surface area contributed by atoms with E-state index in [1.54, 1.807) is 0 Å². The maximum Gasteiger partial charge on any atom is 0.0824 e. The van der Waals surface area contributed by atoms with Gasteiger partial charge in [-0.25, -0.2) is 5.90 Å². The number of nitrogens with two attached hydrogens (primary N) is 1. The number of allylic oxidation sites excluding steroid dienone is 1. The molecule has 2 heteroatoms. The van der Waals surface area contributed by atoms with E-state index in [0.717, 1.165) is 19.3 Å². The molecule has 0 aromatic rings. The van der Waals surface area contributed by atoms with Gasteiger partial charge in [0.15, 0.2) is 0 Å². The molecule has 0 aromatic heterocycles. The van der Waals surface area contributed by atoms with E-state index >= 15 is 0 Å². The molecule has 0 heterocycles. The molecule has 0 aliphatic heterocycles. The lowest BCUT2D eigenvalue weighted by Gasteiger charge is -2.13. The minimum Gasteiger partial charge on any atom is -0.301 e. The summed E-state index contributed by atoms with van der Waals surface area (Å²) in [5.41, 5.74) is 0. The molecule has 2 nitrogen and oxygen atoms in total. The molecule has 1 unspecified atom stereocenters. The Morgan fingerprint density at radius 2 is 2.10 bits per heavy atom. The molecule has 1 aliphatic carbocycles. The van der Waals surface area contributed by atoms with Crippen LogP contribution in [-0.2, 0) is 4.84 Å². The second-order valence-electron chi connectivity index (χ2n) is 2.04. The molecule has 0 fully saturated rings. The van der Waals surface area contributed by atoms with Gasteiger partial charge in [0.2, 0.25) is 0 Å². The van der Waals surface area contributed by atoms with Gasteiger partial charge in [0, 0.05) is 0 Å². The van der Waals surface area contributed by atoms with Crippen molar-refractivity contribution >= 4 is 0 Å². The maximum atomic E-state index is 4.97. The van der Waals surface area contributed by atoms with Gasteiger partial charge in [0.1, 0.15) is 0 Å². The summed E-state index contributed by atoms with van der Waals surface area (Å²) >= 11 is 0.